The van der Waals surface area contributed by atoms with E-state index in [1.54, 1.807) is 0 Å². The number of nitriles is 1. The van der Waals surface area contributed by atoms with Crippen molar-refractivity contribution in [3.8, 4) is 6.07 Å². The molecule has 0 saturated heterocycles. The van der Waals surface area contributed by atoms with E-state index in [9.17, 15) is 10.1 Å². The van der Waals surface area contributed by atoms with Gasteiger partial charge >= 0.3 is 0 Å². The molecule has 3 aliphatic rings. The van der Waals surface area contributed by atoms with Gasteiger partial charge in [0, 0.05) is 17.5 Å². The monoisotopic (exact) mass is 350 g/mol. The number of amides is 1. The first-order valence-corrected chi connectivity index (χ1v) is 9.20. The molecule has 0 radical (unpaired) electrons. The van der Waals surface area contributed by atoms with Gasteiger partial charge in [0.05, 0.1) is 6.07 Å². The van der Waals surface area contributed by atoms with E-state index in [2.05, 4.69) is 35.7 Å². The van der Waals surface area contributed by atoms with E-state index < -0.39 is 5.41 Å². The number of fused-ring (bicyclic) bond motifs is 1. The van der Waals surface area contributed by atoms with Crippen LogP contribution in [0.2, 0.25) is 0 Å². The Hall–Kier alpha value is -3.38. The molecule has 3 nitrogen and oxygen atoms in total. The highest BCUT2D eigenvalue weighted by molar-refractivity contribution is 5.99. The van der Waals surface area contributed by atoms with Gasteiger partial charge in [0.25, 0.3) is 0 Å². The van der Waals surface area contributed by atoms with Crippen LogP contribution in [0.5, 0.6) is 0 Å². The van der Waals surface area contributed by atoms with Crippen LogP contribution in [0.25, 0.3) is 0 Å². The second-order valence-electron chi connectivity index (χ2n) is 7.35. The predicted octanol–water partition coefficient (Wildman–Crippen LogP) is 4.82. The molecule has 0 unspecified atom stereocenters. The largest absolute Gasteiger partial charge is 0.325 e. The summed E-state index contributed by atoms with van der Waals surface area (Å²) < 4.78 is 0. The highest BCUT2D eigenvalue weighted by Crippen LogP contribution is 2.61. The summed E-state index contributed by atoms with van der Waals surface area (Å²) in [6.07, 6.45) is 0.515. The Morgan fingerprint density at radius 3 is 1.93 bits per heavy atom. The van der Waals surface area contributed by atoms with Gasteiger partial charge in [-0.1, -0.05) is 66.7 Å². The van der Waals surface area contributed by atoms with Crippen molar-refractivity contribution >= 4 is 11.6 Å². The minimum absolute atomic E-state index is 0.0728. The molecule has 2 bridgehead atoms. The zero-order chi connectivity index (χ0) is 18.4. The van der Waals surface area contributed by atoms with E-state index in [1.165, 1.54) is 11.1 Å². The van der Waals surface area contributed by atoms with Crippen LogP contribution in [0.3, 0.4) is 0 Å². The highest BCUT2D eigenvalue weighted by atomic mass is 16.2. The molecule has 3 aromatic carbocycles. The number of benzene rings is 3. The Kier molecular flexibility index (Phi) is 3.42. The number of para-hydroxylation sites is 1. The fraction of sp³-hybridized carbons (Fsp3) is 0.167. The highest BCUT2D eigenvalue weighted by Gasteiger charge is 2.57. The summed E-state index contributed by atoms with van der Waals surface area (Å²) in [4.78, 5) is 13.4. The quantitative estimate of drug-likeness (QED) is 0.721. The van der Waals surface area contributed by atoms with E-state index in [0.29, 0.717) is 6.42 Å². The lowest BCUT2D eigenvalue weighted by Gasteiger charge is -2.48. The third kappa shape index (κ3) is 2.17. The van der Waals surface area contributed by atoms with Gasteiger partial charge < -0.3 is 5.32 Å². The maximum absolute atomic E-state index is 13.4. The van der Waals surface area contributed by atoms with E-state index in [4.69, 9.17) is 0 Å². The van der Waals surface area contributed by atoms with Gasteiger partial charge in [-0.25, -0.2) is 0 Å². The average Bonchev–Trinajstić information content (AvgIpc) is 2.74. The number of carbonyl (C=O) groups is 1. The summed E-state index contributed by atoms with van der Waals surface area (Å²) in [6, 6.07) is 28.3. The van der Waals surface area contributed by atoms with E-state index in [0.717, 1.165) is 16.8 Å². The normalized spacial score (nSPS) is 24.4. The Morgan fingerprint density at radius 1 is 0.852 bits per heavy atom. The number of nitrogens with zero attached hydrogens (tertiary/aromatic N) is 1. The first-order valence-electron chi connectivity index (χ1n) is 9.20. The summed E-state index contributed by atoms with van der Waals surface area (Å²) in [7, 11) is 0. The van der Waals surface area contributed by atoms with Crippen molar-refractivity contribution in [3.05, 3.63) is 101 Å². The van der Waals surface area contributed by atoms with Crippen LogP contribution in [0, 0.1) is 16.7 Å². The first kappa shape index (κ1) is 15.8. The molecule has 1 N–H and O–H groups in total. The number of rotatable bonds is 2. The lowest BCUT2D eigenvalue weighted by Crippen LogP contribution is -2.48. The molecule has 1 atom stereocenters. The van der Waals surface area contributed by atoms with Crippen LogP contribution in [0.4, 0.5) is 5.69 Å². The fourth-order valence-corrected chi connectivity index (χ4v) is 4.86. The lowest BCUT2D eigenvalue weighted by atomic mass is 9.52. The maximum Gasteiger partial charge on any atom is 0.245 e. The van der Waals surface area contributed by atoms with Crippen LogP contribution in [0.1, 0.15) is 40.5 Å². The summed E-state index contributed by atoms with van der Waals surface area (Å²) in [5.41, 5.74) is 4.33. The van der Waals surface area contributed by atoms with Crippen molar-refractivity contribution in [2.24, 2.45) is 5.41 Å². The zero-order valence-electron chi connectivity index (χ0n) is 14.7. The molecule has 6 rings (SSSR count). The summed E-state index contributed by atoms with van der Waals surface area (Å²) in [5.74, 6) is -0.387. The van der Waals surface area contributed by atoms with Crippen LogP contribution >= 0.6 is 0 Å². The average molecular weight is 350 g/mol. The summed E-state index contributed by atoms with van der Waals surface area (Å²) >= 11 is 0. The predicted molar refractivity (Wildman–Crippen MR) is 104 cm³/mol. The standard InChI is InChI=1S/C24H18N2O/c25-15-24(23(27)26-16-8-2-1-3-9-16)14-21-17-10-4-6-12-19(17)22(24)20-13-7-5-11-18(20)21/h1-13,21-22H,14H2,(H,26,27)/t21?,22?,24-/m1/s1. The number of hydrogen-bond donors (Lipinski definition) is 1. The number of anilines is 1. The molecular formula is C24H18N2O. The first-order chi connectivity index (χ1) is 13.2. The molecule has 0 saturated carbocycles. The molecule has 3 aliphatic carbocycles. The van der Waals surface area contributed by atoms with Gasteiger partial charge in [-0.15, -0.1) is 0 Å². The van der Waals surface area contributed by atoms with Gasteiger partial charge in [0.2, 0.25) is 5.91 Å². The van der Waals surface area contributed by atoms with E-state index in [1.807, 2.05) is 54.6 Å². The molecule has 130 valence electrons. The van der Waals surface area contributed by atoms with Crippen LogP contribution in [-0.2, 0) is 4.79 Å². The van der Waals surface area contributed by atoms with Crippen LogP contribution < -0.4 is 5.32 Å². The van der Waals surface area contributed by atoms with Crippen molar-refractivity contribution in [1.82, 2.24) is 0 Å². The van der Waals surface area contributed by atoms with Crippen LogP contribution in [-0.4, -0.2) is 5.91 Å². The minimum Gasteiger partial charge on any atom is -0.325 e. The van der Waals surface area contributed by atoms with Crippen molar-refractivity contribution in [2.75, 3.05) is 5.32 Å². The smallest absolute Gasteiger partial charge is 0.245 e. The number of carbonyl (C=O) groups excluding carboxylic acids is 1. The second kappa shape index (κ2) is 5.82. The van der Waals surface area contributed by atoms with Gasteiger partial charge in [-0.05, 0) is 40.8 Å². The van der Waals surface area contributed by atoms with E-state index >= 15 is 0 Å². The van der Waals surface area contributed by atoms with Crippen molar-refractivity contribution in [3.63, 3.8) is 0 Å². The van der Waals surface area contributed by atoms with Crippen LogP contribution in [0.15, 0.2) is 78.9 Å². The second-order valence-corrected chi connectivity index (χ2v) is 7.35. The number of hydrogen-bond acceptors (Lipinski definition) is 2. The Bertz CT molecular complexity index is 1040. The summed E-state index contributed by atoms with van der Waals surface area (Å²) in [6.45, 7) is 0. The van der Waals surface area contributed by atoms with E-state index in [-0.39, 0.29) is 17.7 Å². The van der Waals surface area contributed by atoms with Crippen molar-refractivity contribution < 1.29 is 4.79 Å². The summed E-state index contributed by atoms with van der Waals surface area (Å²) in [5, 5.41) is 13.2. The van der Waals surface area contributed by atoms with Gasteiger partial charge in [-0.3, -0.25) is 4.79 Å². The topological polar surface area (TPSA) is 52.9 Å². The molecule has 27 heavy (non-hydrogen) atoms. The Balaban J connectivity index is 1.67. The Morgan fingerprint density at radius 2 is 1.37 bits per heavy atom. The zero-order valence-corrected chi connectivity index (χ0v) is 14.7. The van der Waals surface area contributed by atoms with Gasteiger partial charge in [-0.2, -0.15) is 5.26 Å². The third-order valence-electron chi connectivity index (χ3n) is 6.02. The lowest BCUT2D eigenvalue weighted by molar-refractivity contribution is -0.124. The van der Waals surface area contributed by atoms with Gasteiger partial charge in [0.1, 0.15) is 5.41 Å². The molecule has 0 heterocycles. The van der Waals surface area contributed by atoms with Crippen molar-refractivity contribution in [2.45, 2.75) is 18.3 Å². The molecule has 1 amide bonds. The molecule has 0 fully saturated rings. The number of nitrogens with one attached hydrogen (secondary N) is 1. The third-order valence-corrected chi connectivity index (χ3v) is 6.02. The minimum atomic E-state index is -1.11. The maximum atomic E-state index is 13.4. The molecule has 0 aliphatic heterocycles. The SMILES string of the molecule is N#C[C@]1(C(=O)Nc2ccccc2)CC2c3ccccc3C1c1ccccc12. The molecule has 3 heteroatoms. The Labute approximate surface area is 158 Å². The molecule has 0 spiro atoms. The van der Waals surface area contributed by atoms with Crippen molar-refractivity contribution in [1.29, 1.82) is 5.26 Å². The molecular weight excluding hydrogens is 332 g/mol. The fourth-order valence-electron chi connectivity index (χ4n) is 4.86. The molecule has 3 aromatic rings. The molecule has 0 aromatic heterocycles. The van der Waals surface area contributed by atoms with Gasteiger partial charge in [0.15, 0.2) is 0 Å².